The van der Waals surface area contributed by atoms with Crippen molar-refractivity contribution in [1.82, 2.24) is 0 Å². The van der Waals surface area contributed by atoms with Crippen LogP contribution in [0.2, 0.25) is 20.1 Å². The van der Waals surface area contributed by atoms with Crippen molar-refractivity contribution in [1.29, 1.82) is 0 Å². The maximum Gasteiger partial charge on any atom is 0.341 e. The largest absolute Gasteiger partial charge is 0.492 e. The van der Waals surface area contributed by atoms with Gasteiger partial charge >= 0.3 is 5.97 Å². The summed E-state index contributed by atoms with van der Waals surface area (Å²) in [6, 6.07) is 9.53. The van der Waals surface area contributed by atoms with E-state index in [2.05, 4.69) is 10.6 Å². The van der Waals surface area contributed by atoms with Gasteiger partial charge in [0.25, 0.3) is 5.91 Å². The molecular formula is C25H22Cl4N2O5S. The lowest BCUT2D eigenvalue weighted by atomic mass is 10.1. The fraction of sp³-hybridized carbons (Fsp3) is 0.240. The number of ether oxygens (including phenoxy) is 2. The first kappa shape index (κ1) is 29.1. The van der Waals surface area contributed by atoms with E-state index < -0.39 is 11.9 Å². The van der Waals surface area contributed by atoms with Crippen LogP contribution < -0.4 is 15.4 Å². The summed E-state index contributed by atoms with van der Waals surface area (Å²) in [5.41, 5.74) is 0.804. The molecule has 1 heterocycles. The molecule has 3 rings (SSSR count). The van der Waals surface area contributed by atoms with E-state index in [9.17, 15) is 14.4 Å². The second-order valence-corrected chi connectivity index (χ2v) is 10.3. The molecular weight excluding hydrogens is 582 g/mol. The van der Waals surface area contributed by atoms with Crippen LogP contribution in [-0.2, 0) is 9.53 Å². The molecule has 2 N–H and O–H groups in total. The summed E-state index contributed by atoms with van der Waals surface area (Å²) in [6.45, 7) is 3.64. The predicted molar refractivity (Wildman–Crippen MR) is 149 cm³/mol. The van der Waals surface area contributed by atoms with Crippen molar-refractivity contribution in [2.24, 2.45) is 0 Å². The molecule has 37 heavy (non-hydrogen) atoms. The summed E-state index contributed by atoms with van der Waals surface area (Å²) in [6.07, 6.45) is 0.481. The molecule has 0 saturated carbocycles. The van der Waals surface area contributed by atoms with Gasteiger partial charge < -0.3 is 20.1 Å². The summed E-state index contributed by atoms with van der Waals surface area (Å²) in [5.74, 6) is -1.05. The van der Waals surface area contributed by atoms with Crippen molar-refractivity contribution in [3.8, 4) is 5.75 Å². The molecule has 0 bridgehead atoms. The number of anilines is 2. The van der Waals surface area contributed by atoms with Crippen molar-refractivity contribution in [3.63, 3.8) is 0 Å². The second-order valence-electron chi connectivity index (χ2n) is 7.63. The first-order valence-corrected chi connectivity index (χ1v) is 13.4. The Bertz CT molecular complexity index is 1330. The Kier molecular flexibility index (Phi) is 10.5. The monoisotopic (exact) mass is 602 g/mol. The van der Waals surface area contributed by atoms with Gasteiger partial charge in [-0.05, 0) is 62.2 Å². The minimum Gasteiger partial charge on any atom is -0.492 e. The van der Waals surface area contributed by atoms with Gasteiger partial charge in [0.2, 0.25) is 5.91 Å². The molecule has 0 aliphatic carbocycles. The van der Waals surface area contributed by atoms with E-state index in [4.69, 9.17) is 55.9 Å². The van der Waals surface area contributed by atoms with E-state index >= 15 is 0 Å². The number of hydrogen-bond acceptors (Lipinski definition) is 6. The van der Waals surface area contributed by atoms with Crippen LogP contribution >= 0.6 is 57.7 Å². The van der Waals surface area contributed by atoms with Gasteiger partial charge in [0.15, 0.2) is 0 Å². The third-order valence-corrected chi connectivity index (χ3v) is 7.26. The average Bonchev–Trinajstić information content (AvgIpc) is 3.16. The van der Waals surface area contributed by atoms with Crippen LogP contribution in [-0.4, -0.2) is 31.0 Å². The zero-order chi connectivity index (χ0) is 27.1. The Balaban J connectivity index is 1.71. The van der Waals surface area contributed by atoms with Crippen LogP contribution in [0.1, 0.15) is 45.4 Å². The molecule has 0 spiro atoms. The van der Waals surface area contributed by atoms with Gasteiger partial charge in [-0.25, -0.2) is 4.79 Å². The maximum atomic E-state index is 13.0. The molecule has 0 aliphatic heterocycles. The Morgan fingerprint density at radius 2 is 1.65 bits per heavy atom. The van der Waals surface area contributed by atoms with Gasteiger partial charge in [0.05, 0.1) is 39.4 Å². The number of nitrogens with one attached hydrogen (secondary N) is 2. The molecule has 2 amide bonds. The van der Waals surface area contributed by atoms with Crippen LogP contribution in [0.4, 0.5) is 10.7 Å². The number of hydrogen-bond donors (Lipinski definition) is 2. The summed E-state index contributed by atoms with van der Waals surface area (Å²) in [4.78, 5) is 38.5. The first-order chi connectivity index (χ1) is 17.6. The number of esters is 1. The van der Waals surface area contributed by atoms with Gasteiger partial charge in [-0.15, -0.1) is 11.3 Å². The third-order valence-electron chi connectivity index (χ3n) is 4.96. The lowest BCUT2D eigenvalue weighted by molar-refractivity contribution is -0.116. The van der Waals surface area contributed by atoms with Crippen molar-refractivity contribution in [2.45, 2.75) is 26.7 Å². The average molecular weight is 604 g/mol. The fourth-order valence-electron chi connectivity index (χ4n) is 3.24. The molecule has 0 aliphatic rings. The van der Waals surface area contributed by atoms with E-state index in [1.807, 2.05) is 0 Å². The number of thiophene rings is 1. The molecule has 0 fully saturated rings. The van der Waals surface area contributed by atoms with E-state index in [1.54, 1.807) is 44.2 Å². The Labute approximate surface area is 237 Å². The molecule has 1 aromatic heterocycles. The molecule has 12 heteroatoms. The highest BCUT2D eigenvalue weighted by molar-refractivity contribution is 7.19. The number of rotatable bonds is 10. The van der Waals surface area contributed by atoms with Gasteiger partial charge in [0, 0.05) is 16.5 Å². The summed E-state index contributed by atoms with van der Waals surface area (Å²) < 4.78 is 10.7. The van der Waals surface area contributed by atoms with Gasteiger partial charge in [-0.2, -0.15) is 0 Å². The van der Waals surface area contributed by atoms with Gasteiger partial charge in [0.1, 0.15) is 10.8 Å². The SMILES string of the molecule is CCOC(=O)c1c(NC(=O)CCCOc2ccc(Cl)cc2Cl)sc(C(=O)Nc2cc(Cl)ccc2Cl)c1C. The lowest BCUT2D eigenvalue weighted by Gasteiger charge is -2.09. The highest BCUT2D eigenvalue weighted by Crippen LogP contribution is 2.35. The number of halogens is 4. The van der Waals surface area contributed by atoms with Crippen LogP contribution in [0, 0.1) is 6.92 Å². The smallest absolute Gasteiger partial charge is 0.341 e. The molecule has 3 aromatic rings. The van der Waals surface area contributed by atoms with Crippen molar-refractivity contribution in [2.75, 3.05) is 23.8 Å². The molecule has 0 unspecified atom stereocenters. The normalized spacial score (nSPS) is 10.6. The highest BCUT2D eigenvalue weighted by Gasteiger charge is 2.27. The van der Waals surface area contributed by atoms with Crippen molar-refractivity contribution < 1.29 is 23.9 Å². The molecule has 0 atom stereocenters. The number of carbonyl (C=O) groups is 3. The van der Waals surface area contributed by atoms with Crippen LogP contribution in [0.25, 0.3) is 0 Å². The molecule has 2 aromatic carbocycles. The summed E-state index contributed by atoms with van der Waals surface area (Å²) >= 11 is 25.1. The summed E-state index contributed by atoms with van der Waals surface area (Å²) in [7, 11) is 0. The number of carbonyl (C=O) groups excluding carboxylic acids is 3. The van der Waals surface area contributed by atoms with Crippen molar-refractivity contribution >= 4 is 86.2 Å². The number of amides is 2. The Morgan fingerprint density at radius 3 is 2.35 bits per heavy atom. The van der Waals surface area contributed by atoms with Crippen LogP contribution in [0.15, 0.2) is 36.4 Å². The van der Waals surface area contributed by atoms with E-state index in [0.29, 0.717) is 43.5 Å². The Morgan fingerprint density at radius 1 is 0.946 bits per heavy atom. The van der Waals surface area contributed by atoms with Gasteiger partial charge in [-0.1, -0.05) is 46.4 Å². The number of benzene rings is 2. The van der Waals surface area contributed by atoms with E-state index in [-0.39, 0.29) is 41.0 Å². The lowest BCUT2D eigenvalue weighted by Crippen LogP contribution is -2.15. The minimum atomic E-state index is -0.646. The van der Waals surface area contributed by atoms with Crippen LogP contribution in [0.3, 0.4) is 0 Å². The van der Waals surface area contributed by atoms with E-state index in [1.165, 1.54) is 6.07 Å². The van der Waals surface area contributed by atoms with Crippen LogP contribution in [0.5, 0.6) is 5.75 Å². The summed E-state index contributed by atoms with van der Waals surface area (Å²) in [5, 5.41) is 7.18. The standard InChI is InChI=1S/C25H22Cl4N2O5S/c1-3-35-25(34)21-13(2)22(23(33)30-18-12-15(27)6-8-16(18)28)37-24(21)31-20(32)5-4-10-36-19-9-7-14(26)11-17(19)29/h6-9,11-12H,3-5,10H2,1-2H3,(H,30,33)(H,31,32). The molecule has 196 valence electrons. The first-order valence-electron chi connectivity index (χ1n) is 11.0. The van der Waals surface area contributed by atoms with E-state index in [0.717, 1.165) is 11.3 Å². The topological polar surface area (TPSA) is 93.7 Å². The zero-order valence-corrected chi connectivity index (χ0v) is 23.6. The molecule has 0 radical (unpaired) electrons. The Hall–Kier alpha value is -2.49. The quantitative estimate of drug-likeness (QED) is 0.181. The molecule has 7 nitrogen and oxygen atoms in total. The molecule has 0 saturated heterocycles. The van der Waals surface area contributed by atoms with Gasteiger partial charge in [-0.3, -0.25) is 9.59 Å². The fourth-order valence-corrected chi connectivity index (χ4v) is 5.14. The third kappa shape index (κ3) is 7.75. The second kappa shape index (κ2) is 13.3. The zero-order valence-electron chi connectivity index (χ0n) is 19.8. The predicted octanol–water partition coefficient (Wildman–Crippen LogP) is 7.90. The van der Waals surface area contributed by atoms with Crippen molar-refractivity contribution in [3.05, 3.63) is 72.5 Å². The minimum absolute atomic E-state index is 0.101. The maximum absolute atomic E-state index is 13.0. The highest BCUT2D eigenvalue weighted by atomic mass is 35.5.